The van der Waals surface area contributed by atoms with Gasteiger partial charge in [0.25, 0.3) is 0 Å². The lowest BCUT2D eigenvalue weighted by Gasteiger charge is -1.89. The normalized spacial score (nSPS) is 10.3. The monoisotopic (exact) mass is 128 g/mol. The van der Waals surface area contributed by atoms with Gasteiger partial charge in [0.05, 0.1) is 6.33 Å². The summed E-state index contributed by atoms with van der Waals surface area (Å²) in [6, 6.07) is 0. The third-order valence-electron chi connectivity index (χ3n) is 1.12. The second-order valence-electron chi connectivity index (χ2n) is 1.93. The van der Waals surface area contributed by atoms with E-state index in [9.17, 15) is 4.39 Å². The molecule has 0 aromatic rings. The molecule has 0 heterocycles. The molecule has 0 bridgehead atoms. The highest BCUT2D eigenvalue weighted by Gasteiger charge is 1.80. The Morgan fingerprint density at radius 1 is 1.22 bits per heavy atom. The van der Waals surface area contributed by atoms with Gasteiger partial charge in [0.15, 0.2) is 0 Å². The highest BCUT2D eigenvalue weighted by atomic mass is 19.1. The van der Waals surface area contributed by atoms with Gasteiger partial charge in [-0.2, -0.15) is 0 Å². The zero-order chi connectivity index (χ0) is 6.95. The van der Waals surface area contributed by atoms with Crippen LogP contribution in [0.1, 0.15) is 25.7 Å². The summed E-state index contributed by atoms with van der Waals surface area (Å²) in [5.74, 6) is 0. The van der Waals surface area contributed by atoms with Crippen LogP contribution in [0.2, 0.25) is 0 Å². The molecule has 0 saturated carbocycles. The van der Waals surface area contributed by atoms with E-state index in [1.165, 1.54) is 0 Å². The smallest absolute Gasteiger partial charge is 0.0827 e. The molecule has 0 rings (SSSR count). The topological polar surface area (TPSA) is 0 Å². The Kier molecular flexibility index (Phi) is 6.92. The maximum Gasteiger partial charge on any atom is 0.0827 e. The summed E-state index contributed by atoms with van der Waals surface area (Å²) in [4.78, 5) is 0. The predicted octanol–water partition coefficient (Wildman–Crippen LogP) is 3.22. The lowest BCUT2D eigenvalue weighted by Crippen LogP contribution is -1.70. The van der Waals surface area contributed by atoms with Gasteiger partial charge >= 0.3 is 0 Å². The van der Waals surface area contributed by atoms with E-state index < -0.39 is 0 Å². The van der Waals surface area contributed by atoms with E-state index in [0.717, 1.165) is 25.7 Å². The van der Waals surface area contributed by atoms with Crippen LogP contribution in [0, 0.1) is 0 Å². The Hall–Kier alpha value is -0.590. The SMILES string of the molecule is C=CCCCCC=CF. The molecule has 0 nitrogen and oxygen atoms in total. The van der Waals surface area contributed by atoms with Crippen molar-refractivity contribution in [3.63, 3.8) is 0 Å². The molecule has 0 amide bonds. The van der Waals surface area contributed by atoms with E-state index in [2.05, 4.69) is 6.58 Å². The van der Waals surface area contributed by atoms with Gasteiger partial charge in [0, 0.05) is 0 Å². The van der Waals surface area contributed by atoms with Crippen molar-refractivity contribution in [3.8, 4) is 0 Å². The summed E-state index contributed by atoms with van der Waals surface area (Å²) in [5, 5.41) is 0. The van der Waals surface area contributed by atoms with Gasteiger partial charge in [-0.25, -0.2) is 4.39 Å². The van der Waals surface area contributed by atoms with Crippen LogP contribution < -0.4 is 0 Å². The van der Waals surface area contributed by atoms with Gasteiger partial charge in [0.2, 0.25) is 0 Å². The van der Waals surface area contributed by atoms with Crippen LogP contribution in [-0.4, -0.2) is 0 Å². The Bertz CT molecular complexity index is 84.6. The van der Waals surface area contributed by atoms with E-state index in [4.69, 9.17) is 0 Å². The summed E-state index contributed by atoms with van der Waals surface area (Å²) in [5.41, 5.74) is 0. The van der Waals surface area contributed by atoms with Crippen molar-refractivity contribution >= 4 is 0 Å². The molecule has 0 aliphatic carbocycles. The average molecular weight is 128 g/mol. The third-order valence-corrected chi connectivity index (χ3v) is 1.12. The number of allylic oxidation sites excluding steroid dienone is 2. The number of unbranched alkanes of at least 4 members (excludes halogenated alkanes) is 3. The maximum absolute atomic E-state index is 11.3. The molecule has 0 unspecified atom stereocenters. The quantitative estimate of drug-likeness (QED) is 0.394. The minimum absolute atomic E-state index is 0.605. The average Bonchev–Trinajstić information content (AvgIpc) is 1.89. The van der Waals surface area contributed by atoms with Gasteiger partial charge in [-0.1, -0.05) is 12.2 Å². The van der Waals surface area contributed by atoms with Crippen LogP contribution in [0.25, 0.3) is 0 Å². The standard InChI is InChI=1S/C8H13F/c1-2-3-4-5-6-7-8-9/h2,7-8H,1,3-6H2. The number of rotatable bonds is 5. The first-order valence-electron chi connectivity index (χ1n) is 3.28. The van der Waals surface area contributed by atoms with Crippen molar-refractivity contribution in [2.75, 3.05) is 0 Å². The first kappa shape index (κ1) is 8.41. The van der Waals surface area contributed by atoms with E-state index in [0.29, 0.717) is 6.33 Å². The first-order chi connectivity index (χ1) is 4.41. The van der Waals surface area contributed by atoms with Crippen LogP contribution in [0.15, 0.2) is 25.1 Å². The second-order valence-corrected chi connectivity index (χ2v) is 1.93. The summed E-state index contributed by atoms with van der Waals surface area (Å²) >= 11 is 0. The van der Waals surface area contributed by atoms with Crippen molar-refractivity contribution in [1.29, 1.82) is 0 Å². The Balaban J connectivity index is 2.82. The van der Waals surface area contributed by atoms with Crippen molar-refractivity contribution in [3.05, 3.63) is 25.1 Å². The lowest BCUT2D eigenvalue weighted by atomic mass is 10.2. The lowest BCUT2D eigenvalue weighted by molar-refractivity contribution is 0.700. The highest BCUT2D eigenvalue weighted by molar-refractivity contribution is 4.73. The molecule has 9 heavy (non-hydrogen) atoms. The summed E-state index contributed by atoms with van der Waals surface area (Å²) in [6.45, 7) is 3.59. The number of hydrogen-bond acceptors (Lipinski definition) is 0. The van der Waals surface area contributed by atoms with Gasteiger partial charge < -0.3 is 0 Å². The zero-order valence-corrected chi connectivity index (χ0v) is 5.65. The number of halogens is 1. The van der Waals surface area contributed by atoms with E-state index in [-0.39, 0.29) is 0 Å². The molecule has 0 radical (unpaired) electrons. The van der Waals surface area contributed by atoms with Crippen LogP contribution in [0.5, 0.6) is 0 Å². The summed E-state index contributed by atoms with van der Waals surface area (Å²) < 4.78 is 11.3. The van der Waals surface area contributed by atoms with Crippen LogP contribution in [0.3, 0.4) is 0 Å². The molecular weight excluding hydrogens is 115 g/mol. The first-order valence-corrected chi connectivity index (χ1v) is 3.28. The minimum atomic E-state index is 0.605. The van der Waals surface area contributed by atoms with Gasteiger partial charge in [-0.3, -0.25) is 0 Å². The van der Waals surface area contributed by atoms with Crippen molar-refractivity contribution in [2.24, 2.45) is 0 Å². The summed E-state index contributed by atoms with van der Waals surface area (Å²) in [7, 11) is 0. The van der Waals surface area contributed by atoms with E-state index in [1.807, 2.05) is 6.08 Å². The Morgan fingerprint density at radius 3 is 2.44 bits per heavy atom. The molecule has 0 aromatic carbocycles. The molecule has 52 valence electrons. The van der Waals surface area contributed by atoms with E-state index >= 15 is 0 Å². The number of hydrogen-bond donors (Lipinski definition) is 0. The minimum Gasteiger partial charge on any atom is -0.216 e. The predicted molar refractivity (Wildman–Crippen MR) is 38.9 cm³/mol. The van der Waals surface area contributed by atoms with Crippen molar-refractivity contribution in [2.45, 2.75) is 25.7 Å². The molecule has 0 aromatic heterocycles. The molecule has 0 atom stereocenters. The van der Waals surface area contributed by atoms with E-state index in [1.54, 1.807) is 6.08 Å². The van der Waals surface area contributed by atoms with Gasteiger partial charge in [-0.05, 0) is 25.7 Å². The van der Waals surface area contributed by atoms with Crippen LogP contribution in [0.4, 0.5) is 4.39 Å². The maximum atomic E-state index is 11.3. The van der Waals surface area contributed by atoms with Crippen molar-refractivity contribution < 1.29 is 4.39 Å². The Labute approximate surface area is 56.1 Å². The fourth-order valence-corrected chi connectivity index (χ4v) is 0.614. The fraction of sp³-hybridized carbons (Fsp3) is 0.500. The molecule has 0 fully saturated rings. The van der Waals surface area contributed by atoms with Crippen molar-refractivity contribution in [1.82, 2.24) is 0 Å². The van der Waals surface area contributed by atoms with Crippen LogP contribution in [-0.2, 0) is 0 Å². The van der Waals surface area contributed by atoms with Crippen LogP contribution >= 0.6 is 0 Å². The fourth-order valence-electron chi connectivity index (χ4n) is 0.614. The molecule has 0 aliphatic heterocycles. The molecule has 0 N–H and O–H groups in total. The Morgan fingerprint density at radius 2 is 1.89 bits per heavy atom. The molecule has 0 aliphatic rings. The second kappa shape index (κ2) is 7.41. The van der Waals surface area contributed by atoms with Gasteiger partial charge in [-0.15, -0.1) is 6.58 Å². The molecule has 0 saturated heterocycles. The molecule has 1 heteroatoms. The third kappa shape index (κ3) is 7.41. The highest BCUT2D eigenvalue weighted by Crippen LogP contribution is 2.00. The van der Waals surface area contributed by atoms with Gasteiger partial charge in [0.1, 0.15) is 0 Å². The molecular formula is C8H13F. The molecule has 0 spiro atoms. The largest absolute Gasteiger partial charge is 0.216 e. The summed E-state index contributed by atoms with van der Waals surface area (Å²) in [6.07, 6.45) is 8.11. The zero-order valence-electron chi connectivity index (χ0n) is 5.65.